The Morgan fingerprint density at radius 2 is 1.84 bits per heavy atom. The van der Waals surface area contributed by atoms with Crippen LogP contribution in [-0.4, -0.2) is 11.7 Å². The van der Waals surface area contributed by atoms with Crippen molar-refractivity contribution in [3.63, 3.8) is 0 Å². The molecule has 3 aromatic carbocycles. The molecule has 0 aromatic heterocycles. The molecule has 2 N–H and O–H groups in total. The van der Waals surface area contributed by atoms with Crippen molar-refractivity contribution in [1.82, 2.24) is 5.32 Å². The van der Waals surface area contributed by atoms with E-state index in [9.17, 15) is 0 Å². The van der Waals surface area contributed by atoms with Crippen LogP contribution in [0.1, 0.15) is 17.5 Å². The maximum atomic E-state index is 6.14. The molecule has 0 saturated carbocycles. The Balaban J connectivity index is 1.49. The van der Waals surface area contributed by atoms with Crippen LogP contribution < -0.4 is 10.6 Å². The molecule has 0 aliphatic carbocycles. The van der Waals surface area contributed by atoms with Gasteiger partial charge >= 0.3 is 0 Å². The van der Waals surface area contributed by atoms with Crippen LogP contribution in [0.15, 0.2) is 60.7 Å². The SMILES string of the molecule is Cc1ccc(NC(=S)NCCCc2cccc3ccccc23)cc1Cl. The van der Waals surface area contributed by atoms with Crippen molar-refractivity contribution in [2.45, 2.75) is 19.8 Å². The van der Waals surface area contributed by atoms with Crippen LogP contribution in [-0.2, 0) is 6.42 Å². The molecule has 0 atom stereocenters. The summed E-state index contributed by atoms with van der Waals surface area (Å²) in [6, 6.07) is 20.8. The van der Waals surface area contributed by atoms with Gasteiger partial charge in [-0.3, -0.25) is 0 Å². The summed E-state index contributed by atoms with van der Waals surface area (Å²) in [6.07, 6.45) is 2.04. The highest BCUT2D eigenvalue weighted by Gasteiger charge is 2.02. The number of thiocarbonyl (C=S) groups is 1. The normalized spacial score (nSPS) is 10.6. The number of nitrogens with one attached hydrogen (secondary N) is 2. The zero-order valence-corrected chi connectivity index (χ0v) is 15.8. The first-order valence-corrected chi connectivity index (χ1v) is 9.20. The average molecular weight is 369 g/mol. The smallest absolute Gasteiger partial charge is 0.170 e. The van der Waals surface area contributed by atoms with Crippen LogP contribution in [0.5, 0.6) is 0 Å². The molecular formula is C21H21ClN2S. The van der Waals surface area contributed by atoms with E-state index in [1.165, 1.54) is 16.3 Å². The van der Waals surface area contributed by atoms with Crippen molar-refractivity contribution in [1.29, 1.82) is 0 Å². The van der Waals surface area contributed by atoms with Gasteiger partial charge in [0.15, 0.2) is 5.11 Å². The Bertz CT molecular complexity index is 887. The largest absolute Gasteiger partial charge is 0.362 e. The lowest BCUT2D eigenvalue weighted by molar-refractivity contribution is 0.780. The van der Waals surface area contributed by atoms with E-state index < -0.39 is 0 Å². The lowest BCUT2D eigenvalue weighted by Gasteiger charge is -2.12. The summed E-state index contributed by atoms with van der Waals surface area (Å²) in [5.74, 6) is 0. The lowest BCUT2D eigenvalue weighted by Crippen LogP contribution is -2.29. The van der Waals surface area contributed by atoms with E-state index in [4.69, 9.17) is 23.8 Å². The maximum absolute atomic E-state index is 6.14. The zero-order chi connectivity index (χ0) is 17.6. The van der Waals surface area contributed by atoms with Crippen molar-refractivity contribution >= 4 is 45.4 Å². The first-order valence-electron chi connectivity index (χ1n) is 8.41. The van der Waals surface area contributed by atoms with Gasteiger partial charge in [0, 0.05) is 17.3 Å². The lowest BCUT2D eigenvalue weighted by atomic mass is 10.0. The third-order valence-electron chi connectivity index (χ3n) is 4.22. The van der Waals surface area contributed by atoms with E-state index in [-0.39, 0.29) is 0 Å². The Hall–Kier alpha value is -2.10. The number of rotatable bonds is 5. The minimum absolute atomic E-state index is 0.623. The number of fused-ring (bicyclic) bond motifs is 1. The minimum Gasteiger partial charge on any atom is -0.362 e. The first-order chi connectivity index (χ1) is 12.1. The quantitative estimate of drug-likeness (QED) is 0.444. The van der Waals surface area contributed by atoms with Gasteiger partial charge in [0.2, 0.25) is 0 Å². The predicted octanol–water partition coefficient (Wildman–Crippen LogP) is 5.72. The summed E-state index contributed by atoms with van der Waals surface area (Å²) in [4.78, 5) is 0. The van der Waals surface area contributed by atoms with E-state index in [0.717, 1.165) is 35.7 Å². The number of benzene rings is 3. The summed E-state index contributed by atoms with van der Waals surface area (Å²) in [5.41, 5.74) is 3.34. The van der Waals surface area contributed by atoms with Gasteiger partial charge in [0.25, 0.3) is 0 Å². The van der Waals surface area contributed by atoms with E-state index in [2.05, 4.69) is 53.1 Å². The van der Waals surface area contributed by atoms with Crippen LogP contribution in [0, 0.1) is 6.92 Å². The third kappa shape index (κ3) is 4.71. The molecule has 3 aromatic rings. The molecule has 0 fully saturated rings. The molecule has 0 unspecified atom stereocenters. The summed E-state index contributed by atoms with van der Waals surface area (Å²) < 4.78 is 0. The molecule has 0 amide bonds. The second kappa shape index (κ2) is 8.32. The number of hydrogen-bond acceptors (Lipinski definition) is 1. The molecule has 0 aliphatic rings. The van der Waals surface area contributed by atoms with Gasteiger partial charge in [0.05, 0.1) is 0 Å². The molecule has 25 heavy (non-hydrogen) atoms. The van der Waals surface area contributed by atoms with Gasteiger partial charge in [-0.05, 0) is 66.0 Å². The standard InChI is InChI=1S/C21H21ClN2S/c1-15-11-12-18(14-20(15)22)24-21(25)23-13-5-9-17-8-4-7-16-6-2-3-10-19(16)17/h2-4,6-8,10-12,14H,5,9,13H2,1H3,(H2,23,24,25). The van der Waals surface area contributed by atoms with E-state index in [1.54, 1.807) is 0 Å². The van der Waals surface area contributed by atoms with Gasteiger partial charge < -0.3 is 10.6 Å². The summed E-state index contributed by atoms with van der Waals surface area (Å²) in [6.45, 7) is 2.81. The fraction of sp³-hybridized carbons (Fsp3) is 0.190. The highest BCUT2D eigenvalue weighted by atomic mass is 35.5. The highest BCUT2D eigenvalue weighted by Crippen LogP contribution is 2.20. The Labute approximate surface area is 159 Å². The highest BCUT2D eigenvalue weighted by molar-refractivity contribution is 7.80. The number of aryl methyl sites for hydroxylation is 2. The van der Waals surface area contributed by atoms with Gasteiger partial charge in [-0.2, -0.15) is 0 Å². The number of anilines is 1. The van der Waals surface area contributed by atoms with Crippen LogP contribution in [0.3, 0.4) is 0 Å². The average Bonchev–Trinajstić information content (AvgIpc) is 2.62. The van der Waals surface area contributed by atoms with Crippen LogP contribution in [0.25, 0.3) is 10.8 Å². The van der Waals surface area contributed by atoms with Gasteiger partial charge in [-0.15, -0.1) is 0 Å². The Morgan fingerprint density at radius 3 is 2.68 bits per heavy atom. The first kappa shape index (κ1) is 17.7. The van der Waals surface area contributed by atoms with E-state index in [1.807, 2.05) is 25.1 Å². The van der Waals surface area contributed by atoms with Crippen LogP contribution in [0.4, 0.5) is 5.69 Å². The van der Waals surface area contributed by atoms with Crippen molar-refractivity contribution in [3.05, 3.63) is 76.8 Å². The molecule has 0 spiro atoms. The number of hydrogen-bond donors (Lipinski definition) is 2. The van der Waals surface area contributed by atoms with Crippen molar-refractivity contribution in [3.8, 4) is 0 Å². The molecule has 0 aliphatic heterocycles. The monoisotopic (exact) mass is 368 g/mol. The predicted molar refractivity (Wildman–Crippen MR) is 113 cm³/mol. The summed E-state index contributed by atoms with van der Waals surface area (Å²) in [5, 5.41) is 10.4. The molecule has 3 rings (SSSR count). The number of halogens is 1. The fourth-order valence-corrected chi connectivity index (χ4v) is 3.24. The fourth-order valence-electron chi connectivity index (χ4n) is 2.84. The van der Waals surface area contributed by atoms with E-state index in [0.29, 0.717) is 5.11 Å². The van der Waals surface area contributed by atoms with E-state index >= 15 is 0 Å². The molecule has 2 nitrogen and oxygen atoms in total. The summed E-state index contributed by atoms with van der Waals surface area (Å²) in [7, 11) is 0. The van der Waals surface area contributed by atoms with Gasteiger partial charge in [-0.25, -0.2) is 0 Å². The molecule has 0 bridgehead atoms. The second-order valence-corrected chi connectivity index (χ2v) is 6.90. The Morgan fingerprint density at radius 1 is 1.04 bits per heavy atom. The second-order valence-electron chi connectivity index (χ2n) is 6.09. The third-order valence-corrected chi connectivity index (χ3v) is 4.87. The minimum atomic E-state index is 0.623. The van der Waals surface area contributed by atoms with Crippen LogP contribution in [0.2, 0.25) is 5.02 Å². The maximum Gasteiger partial charge on any atom is 0.170 e. The van der Waals surface area contributed by atoms with Gasteiger partial charge in [0.1, 0.15) is 0 Å². The molecule has 0 saturated heterocycles. The topological polar surface area (TPSA) is 24.1 Å². The molecular weight excluding hydrogens is 348 g/mol. The molecule has 0 heterocycles. The van der Waals surface area contributed by atoms with Crippen molar-refractivity contribution < 1.29 is 0 Å². The van der Waals surface area contributed by atoms with Crippen molar-refractivity contribution in [2.75, 3.05) is 11.9 Å². The molecule has 128 valence electrons. The summed E-state index contributed by atoms with van der Waals surface area (Å²) >= 11 is 11.5. The van der Waals surface area contributed by atoms with Gasteiger partial charge in [-0.1, -0.05) is 60.1 Å². The van der Waals surface area contributed by atoms with Crippen LogP contribution >= 0.6 is 23.8 Å². The Kier molecular flexibility index (Phi) is 5.90. The zero-order valence-electron chi connectivity index (χ0n) is 14.2. The van der Waals surface area contributed by atoms with Crippen molar-refractivity contribution in [2.24, 2.45) is 0 Å². The molecule has 0 radical (unpaired) electrons. The molecule has 4 heteroatoms.